The van der Waals surface area contributed by atoms with Gasteiger partial charge in [-0.15, -0.1) is 0 Å². The molecule has 0 heterocycles. The van der Waals surface area contributed by atoms with Gasteiger partial charge in [0.2, 0.25) is 0 Å². The van der Waals surface area contributed by atoms with Gasteiger partial charge in [-0.25, -0.2) is 0 Å². The van der Waals surface area contributed by atoms with Gasteiger partial charge < -0.3 is 14.7 Å². The zero-order valence-corrected chi connectivity index (χ0v) is 13.7. The number of benzene rings is 1. The zero-order chi connectivity index (χ0) is 14.3. The number of methoxy groups -OCH3 is 1. The van der Waals surface area contributed by atoms with Crippen LogP contribution in [0.25, 0.3) is 0 Å². The fraction of sp³-hybridized carbons (Fsp3) is 0.571. The molecule has 5 heteroatoms. The lowest BCUT2D eigenvalue weighted by molar-refractivity contribution is 0.120. The maximum Gasteiger partial charge on any atom is 0.0816 e. The molecule has 0 radical (unpaired) electrons. The van der Waals surface area contributed by atoms with Crippen molar-refractivity contribution in [2.24, 2.45) is 0 Å². The molecule has 0 aromatic heterocycles. The zero-order valence-electron chi connectivity index (χ0n) is 11.4. The average molecular weight is 351 g/mol. The van der Waals surface area contributed by atoms with E-state index in [4.69, 9.17) is 16.3 Å². The maximum atomic E-state index is 10.2. The van der Waals surface area contributed by atoms with Gasteiger partial charge in [0.25, 0.3) is 0 Å². The predicted octanol–water partition coefficient (Wildman–Crippen LogP) is 3.49. The average Bonchev–Trinajstić information content (AvgIpc) is 2.38. The molecule has 1 N–H and O–H groups in total. The number of halogens is 2. The van der Waals surface area contributed by atoms with Gasteiger partial charge in [0.15, 0.2) is 0 Å². The smallest absolute Gasteiger partial charge is 0.0816 e. The molecule has 0 aliphatic carbocycles. The predicted molar refractivity (Wildman–Crippen MR) is 82.7 cm³/mol. The third kappa shape index (κ3) is 5.79. The van der Waals surface area contributed by atoms with E-state index in [0.29, 0.717) is 18.1 Å². The first-order valence-corrected chi connectivity index (χ1v) is 7.59. The van der Waals surface area contributed by atoms with Gasteiger partial charge >= 0.3 is 0 Å². The number of rotatable bonds is 8. The van der Waals surface area contributed by atoms with Gasteiger partial charge in [0.1, 0.15) is 0 Å². The number of ether oxygens (including phenoxy) is 1. The van der Waals surface area contributed by atoms with E-state index in [1.54, 1.807) is 7.11 Å². The van der Waals surface area contributed by atoms with Crippen LogP contribution >= 0.6 is 27.5 Å². The minimum atomic E-state index is -0.530. The molecule has 1 aromatic rings. The van der Waals surface area contributed by atoms with Crippen molar-refractivity contribution < 1.29 is 9.84 Å². The Morgan fingerprint density at radius 1 is 1.42 bits per heavy atom. The summed E-state index contributed by atoms with van der Waals surface area (Å²) in [6.45, 7) is 5.48. The van der Waals surface area contributed by atoms with Crippen molar-refractivity contribution in [3.63, 3.8) is 0 Å². The molecule has 0 aliphatic heterocycles. The van der Waals surface area contributed by atoms with Crippen molar-refractivity contribution in [1.82, 2.24) is 4.90 Å². The quantitative estimate of drug-likeness (QED) is 0.779. The van der Waals surface area contributed by atoms with Crippen LogP contribution in [0.5, 0.6) is 0 Å². The lowest BCUT2D eigenvalue weighted by atomic mass is 10.1. The van der Waals surface area contributed by atoms with Crippen LogP contribution in [0.4, 0.5) is 0 Å². The SMILES string of the molecule is CCN(CCOC)CCC(O)c1ccc(Br)cc1Cl. The number of hydrogen-bond donors (Lipinski definition) is 1. The first-order chi connectivity index (χ1) is 9.08. The van der Waals surface area contributed by atoms with Gasteiger partial charge in [-0.1, -0.05) is 40.5 Å². The van der Waals surface area contributed by atoms with Crippen LogP contribution in [0.1, 0.15) is 25.0 Å². The molecule has 108 valence electrons. The molecule has 0 saturated carbocycles. The molecular formula is C14H21BrClNO2. The van der Waals surface area contributed by atoms with Gasteiger partial charge in [-0.3, -0.25) is 0 Å². The van der Waals surface area contributed by atoms with E-state index >= 15 is 0 Å². The highest BCUT2D eigenvalue weighted by Gasteiger charge is 2.13. The molecule has 1 rings (SSSR count). The van der Waals surface area contributed by atoms with Crippen molar-refractivity contribution >= 4 is 27.5 Å². The Labute approximate surface area is 128 Å². The second-order valence-electron chi connectivity index (χ2n) is 4.40. The first-order valence-electron chi connectivity index (χ1n) is 6.42. The normalized spacial score (nSPS) is 12.9. The van der Waals surface area contributed by atoms with Crippen molar-refractivity contribution in [3.8, 4) is 0 Å². The molecule has 0 aliphatic rings. The summed E-state index contributed by atoms with van der Waals surface area (Å²) < 4.78 is 5.99. The third-order valence-electron chi connectivity index (χ3n) is 3.10. The van der Waals surface area contributed by atoms with Gasteiger partial charge in [-0.05, 0) is 30.7 Å². The Balaban J connectivity index is 2.51. The molecule has 0 spiro atoms. The Morgan fingerprint density at radius 2 is 2.16 bits per heavy atom. The summed E-state index contributed by atoms with van der Waals surface area (Å²) in [5, 5.41) is 10.8. The number of aliphatic hydroxyl groups is 1. The topological polar surface area (TPSA) is 32.7 Å². The van der Waals surface area contributed by atoms with Gasteiger partial charge in [0, 0.05) is 29.7 Å². The summed E-state index contributed by atoms with van der Waals surface area (Å²) in [7, 11) is 1.70. The van der Waals surface area contributed by atoms with E-state index in [-0.39, 0.29) is 0 Å². The molecule has 1 aromatic carbocycles. The van der Waals surface area contributed by atoms with Crippen LogP contribution < -0.4 is 0 Å². The highest BCUT2D eigenvalue weighted by Crippen LogP contribution is 2.28. The summed E-state index contributed by atoms with van der Waals surface area (Å²) in [6, 6.07) is 5.57. The van der Waals surface area contributed by atoms with Crippen LogP contribution in [0.2, 0.25) is 5.02 Å². The van der Waals surface area contributed by atoms with Crippen LogP contribution in [-0.4, -0.2) is 43.4 Å². The summed E-state index contributed by atoms with van der Waals surface area (Å²) in [6.07, 6.45) is 0.135. The number of nitrogens with zero attached hydrogens (tertiary/aromatic N) is 1. The van der Waals surface area contributed by atoms with Crippen molar-refractivity contribution in [2.75, 3.05) is 33.4 Å². The lowest BCUT2D eigenvalue weighted by Gasteiger charge is -2.22. The van der Waals surface area contributed by atoms with E-state index < -0.39 is 6.10 Å². The summed E-state index contributed by atoms with van der Waals surface area (Å²) in [5.74, 6) is 0. The van der Waals surface area contributed by atoms with Crippen molar-refractivity contribution in [1.29, 1.82) is 0 Å². The van der Waals surface area contributed by atoms with Gasteiger partial charge in [-0.2, -0.15) is 0 Å². The van der Waals surface area contributed by atoms with Crippen LogP contribution in [-0.2, 0) is 4.74 Å². The van der Waals surface area contributed by atoms with Crippen molar-refractivity contribution in [2.45, 2.75) is 19.4 Å². The Morgan fingerprint density at radius 3 is 2.74 bits per heavy atom. The molecule has 3 nitrogen and oxygen atoms in total. The second kappa shape index (κ2) is 8.93. The summed E-state index contributed by atoms with van der Waals surface area (Å²) >= 11 is 9.49. The molecule has 19 heavy (non-hydrogen) atoms. The molecule has 0 fully saturated rings. The standard InChI is InChI=1S/C14H21BrClNO2/c1-3-17(8-9-19-2)7-6-14(18)12-5-4-11(15)10-13(12)16/h4-5,10,14,18H,3,6-9H2,1-2H3. The molecule has 0 amide bonds. The molecule has 0 saturated heterocycles. The fourth-order valence-corrected chi connectivity index (χ4v) is 2.68. The third-order valence-corrected chi connectivity index (χ3v) is 3.92. The van der Waals surface area contributed by atoms with Crippen LogP contribution in [0, 0.1) is 0 Å². The molecule has 0 bridgehead atoms. The van der Waals surface area contributed by atoms with E-state index in [1.807, 2.05) is 18.2 Å². The van der Waals surface area contributed by atoms with Crippen molar-refractivity contribution in [3.05, 3.63) is 33.3 Å². The fourth-order valence-electron chi connectivity index (χ4n) is 1.88. The number of aliphatic hydroxyl groups excluding tert-OH is 1. The minimum Gasteiger partial charge on any atom is -0.388 e. The van der Waals surface area contributed by atoms with E-state index in [1.165, 1.54) is 0 Å². The number of likely N-dealkylation sites (N-methyl/N-ethyl adjacent to an activating group) is 1. The van der Waals surface area contributed by atoms with Crippen LogP contribution in [0.15, 0.2) is 22.7 Å². The largest absolute Gasteiger partial charge is 0.388 e. The Hall–Kier alpha value is -0.130. The minimum absolute atomic E-state index is 0.530. The maximum absolute atomic E-state index is 10.2. The monoisotopic (exact) mass is 349 g/mol. The van der Waals surface area contributed by atoms with Gasteiger partial charge in [0.05, 0.1) is 12.7 Å². The first kappa shape index (κ1) is 16.9. The molecule has 1 atom stereocenters. The molecular weight excluding hydrogens is 330 g/mol. The highest BCUT2D eigenvalue weighted by molar-refractivity contribution is 9.10. The summed E-state index contributed by atoms with van der Waals surface area (Å²) in [5.41, 5.74) is 0.785. The lowest BCUT2D eigenvalue weighted by Crippen LogP contribution is -2.29. The van der Waals surface area contributed by atoms with E-state index in [0.717, 1.165) is 29.7 Å². The summed E-state index contributed by atoms with van der Waals surface area (Å²) in [4.78, 5) is 2.25. The Kier molecular flexibility index (Phi) is 7.95. The van der Waals surface area contributed by atoms with Crippen LogP contribution in [0.3, 0.4) is 0 Å². The second-order valence-corrected chi connectivity index (χ2v) is 5.72. The highest BCUT2D eigenvalue weighted by atomic mass is 79.9. The molecule has 1 unspecified atom stereocenters. The van der Waals surface area contributed by atoms with E-state index in [9.17, 15) is 5.11 Å². The van der Waals surface area contributed by atoms with E-state index in [2.05, 4.69) is 27.8 Å². The Bertz CT molecular complexity index is 390. The number of hydrogen-bond acceptors (Lipinski definition) is 3.